The summed E-state index contributed by atoms with van der Waals surface area (Å²) in [5.41, 5.74) is 10.3. The molecule has 0 spiro atoms. The molecular formula is C14H17N5O2S. The Morgan fingerprint density at radius 1 is 1.50 bits per heavy atom. The lowest BCUT2D eigenvalue weighted by atomic mass is 10.1. The van der Waals surface area contributed by atoms with Crippen LogP contribution in [-0.4, -0.2) is 38.4 Å². The standard InChI is InChI=1S/C14H17N5O2S/c1-19(2)11-5-4-9(6-10(11)13(20)21-3)7-16-18-14-17-12(15)8-22-14/h4-8H,15H2,1-3H3,(H,17,18). The van der Waals surface area contributed by atoms with Crippen LogP contribution >= 0.6 is 11.3 Å². The molecule has 0 aliphatic rings. The lowest BCUT2D eigenvalue weighted by Gasteiger charge is -2.16. The van der Waals surface area contributed by atoms with Crippen LogP contribution < -0.4 is 16.1 Å². The summed E-state index contributed by atoms with van der Waals surface area (Å²) < 4.78 is 4.81. The third kappa shape index (κ3) is 3.73. The van der Waals surface area contributed by atoms with Gasteiger partial charge >= 0.3 is 5.97 Å². The molecule has 0 aliphatic heterocycles. The van der Waals surface area contributed by atoms with Gasteiger partial charge in [-0.3, -0.25) is 5.43 Å². The number of aromatic nitrogens is 1. The molecule has 1 heterocycles. The van der Waals surface area contributed by atoms with Crippen molar-refractivity contribution < 1.29 is 9.53 Å². The number of hydrogen-bond donors (Lipinski definition) is 2. The van der Waals surface area contributed by atoms with E-state index in [0.717, 1.165) is 11.3 Å². The number of nitrogen functional groups attached to an aromatic ring is 1. The zero-order chi connectivity index (χ0) is 16.1. The van der Waals surface area contributed by atoms with E-state index in [4.69, 9.17) is 10.5 Å². The van der Waals surface area contributed by atoms with Gasteiger partial charge in [-0.05, 0) is 17.7 Å². The van der Waals surface area contributed by atoms with Crippen molar-refractivity contribution in [2.75, 3.05) is 37.3 Å². The second-order valence-corrected chi connectivity index (χ2v) is 5.47. The first-order valence-corrected chi connectivity index (χ1v) is 7.29. The Kier molecular flexibility index (Phi) is 4.95. The molecule has 22 heavy (non-hydrogen) atoms. The van der Waals surface area contributed by atoms with E-state index in [1.54, 1.807) is 17.7 Å². The summed E-state index contributed by atoms with van der Waals surface area (Å²) in [5, 5.41) is 6.40. The number of hydrogen-bond acceptors (Lipinski definition) is 8. The number of nitrogens with one attached hydrogen (secondary N) is 1. The molecule has 1 aromatic heterocycles. The van der Waals surface area contributed by atoms with Gasteiger partial charge in [0.1, 0.15) is 5.82 Å². The molecule has 0 aliphatic carbocycles. The van der Waals surface area contributed by atoms with Gasteiger partial charge in [-0.1, -0.05) is 6.07 Å². The maximum absolute atomic E-state index is 11.9. The molecule has 0 atom stereocenters. The van der Waals surface area contributed by atoms with Crippen LogP contribution in [-0.2, 0) is 4.74 Å². The van der Waals surface area contributed by atoms with E-state index < -0.39 is 0 Å². The number of hydrazone groups is 1. The molecule has 3 N–H and O–H groups in total. The van der Waals surface area contributed by atoms with Gasteiger partial charge in [0.05, 0.1) is 24.6 Å². The Morgan fingerprint density at radius 2 is 2.27 bits per heavy atom. The quantitative estimate of drug-likeness (QED) is 0.497. The monoisotopic (exact) mass is 319 g/mol. The van der Waals surface area contributed by atoms with E-state index in [-0.39, 0.29) is 5.97 Å². The smallest absolute Gasteiger partial charge is 0.339 e. The van der Waals surface area contributed by atoms with E-state index in [0.29, 0.717) is 16.5 Å². The third-order valence-corrected chi connectivity index (χ3v) is 3.57. The number of nitrogens with two attached hydrogens (primary N) is 1. The van der Waals surface area contributed by atoms with Gasteiger partial charge in [-0.25, -0.2) is 9.78 Å². The molecule has 0 bridgehead atoms. The number of nitrogens with zero attached hydrogens (tertiary/aromatic N) is 3. The van der Waals surface area contributed by atoms with E-state index in [9.17, 15) is 4.79 Å². The summed E-state index contributed by atoms with van der Waals surface area (Å²) in [5.74, 6) is 0.0608. The zero-order valence-corrected chi connectivity index (χ0v) is 13.3. The number of esters is 1. The number of methoxy groups -OCH3 is 1. The highest BCUT2D eigenvalue weighted by molar-refractivity contribution is 7.14. The molecule has 0 amide bonds. The molecule has 7 nitrogen and oxygen atoms in total. The Bertz CT molecular complexity index is 696. The van der Waals surface area contributed by atoms with Crippen molar-refractivity contribution in [2.45, 2.75) is 0 Å². The molecule has 0 radical (unpaired) electrons. The summed E-state index contributed by atoms with van der Waals surface area (Å²) in [7, 11) is 5.09. The molecule has 0 unspecified atom stereocenters. The molecular weight excluding hydrogens is 302 g/mol. The summed E-state index contributed by atoms with van der Waals surface area (Å²) in [4.78, 5) is 17.7. The number of anilines is 3. The fraction of sp³-hybridized carbons (Fsp3) is 0.214. The molecule has 116 valence electrons. The van der Waals surface area contributed by atoms with Gasteiger partial charge in [0.2, 0.25) is 5.13 Å². The predicted molar refractivity (Wildman–Crippen MR) is 89.9 cm³/mol. The number of rotatable bonds is 5. The van der Waals surface area contributed by atoms with Crippen LogP contribution in [0.5, 0.6) is 0 Å². The van der Waals surface area contributed by atoms with Gasteiger partial charge < -0.3 is 15.4 Å². The highest BCUT2D eigenvalue weighted by atomic mass is 32.1. The first-order chi connectivity index (χ1) is 10.5. The molecule has 0 fully saturated rings. The maximum Gasteiger partial charge on any atom is 0.339 e. The summed E-state index contributed by atoms with van der Waals surface area (Å²) >= 11 is 1.36. The van der Waals surface area contributed by atoms with Crippen LogP contribution in [0.25, 0.3) is 0 Å². The normalized spacial score (nSPS) is 10.7. The van der Waals surface area contributed by atoms with Gasteiger partial charge in [-0.15, -0.1) is 11.3 Å². The Morgan fingerprint density at radius 3 is 2.86 bits per heavy atom. The minimum atomic E-state index is -0.389. The van der Waals surface area contributed by atoms with Crippen molar-refractivity contribution in [3.05, 3.63) is 34.7 Å². The summed E-state index contributed by atoms with van der Waals surface area (Å²) in [6, 6.07) is 5.43. The summed E-state index contributed by atoms with van der Waals surface area (Å²) in [6.07, 6.45) is 1.60. The SMILES string of the molecule is COC(=O)c1cc(C=NNc2nc(N)cs2)ccc1N(C)C. The van der Waals surface area contributed by atoms with Gasteiger partial charge in [-0.2, -0.15) is 5.10 Å². The van der Waals surface area contributed by atoms with Gasteiger partial charge in [0.25, 0.3) is 0 Å². The lowest BCUT2D eigenvalue weighted by molar-refractivity contribution is 0.0601. The topological polar surface area (TPSA) is 92.8 Å². The molecule has 0 saturated heterocycles. The number of ether oxygens (including phenoxy) is 1. The van der Waals surface area contributed by atoms with Crippen LogP contribution in [0.3, 0.4) is 0 Å². The minimum Gasteiger partial charge on any atom is -0.465 e. The second-order valence-electron chi connectivity index (χ2n) is 4.61. The van der Waals surface area contributed by atoms with Crippen molar-refractivity contribution in [3.8, 4) is 0 Å². The van der Waals surface area contributed by atoms with Crippen LogP contribution in [0.4, 0.5) is 16.6 Å². The Hall–Kier alpha value is -2.61. The van der Waals surface area contributed by atoms with Crippen molar-refractivity contribution >= 4 is 40.2 Å². The van der Waals surface area contributed by atoms with Crippen molar-refractivity contribution in [2.24, 2.45) is 5.10 Å². The molecule has 2 aromatic rings. The maximum atomic E-state index is 11.9. The lowest BCUT2D eigenvalue weighted by Crippen LogP contribution is -2.15. The van der Waals surface area contributed by atoms with Gasteiger partial charge in [0, 0.05) is 19.5 Å². The van der Waals surface area contributed by atoms with Crippen molar-refractivity contribution in [1.82, 2.24) is 4.98 Å². The fourth-order valence-electron chi connectivity index (χ4n) is 1.80. The first kappa shape index (κ1) is 15.8. The fourth-order valence-corrected chi connectivity index (χ4v) is 2.35. The van der Waals surface area contributed by atoms with Crippen LogP contribution in [0, 0.1) is 0 Å². The number of benzene rings is 1. The average molecular weight is 319 g/mol. The summed E-state index contributed by atoms with van der Waals surface area (Å²) in [6.45, 7) is 0. The van der Waals surface area contributed by atoms with Crippen molar-refractivity contribution in [1.29, 1.82) is 0 Å². The predicted octanol–water partition coefficient (Wildman–Crippen LogP) is 2.02. The van der Waals surface area contributed by atoms with E-state index >= 15 is 0 Å². The Balaban J connectivity index is 2.19. The Labute approximate surface area is 132 Å². The van der Waals surface area contributed by atoms with Crippen molar-refractivity contribution in [3.63, 3.8) is 0 Å². The van der Waals surface area contributed by atoms with E-state index in [1.807, 2.05) is 31.1 Å². The van der Waals surface area contributed by atoms with E-state index in [2.05, 4.69) is 15.5 Å². The molecule has 1 aromatic carbocycles. The molecule has 2 rings (SSSR count). The highest BCUT2D eigenvalue weighted by Crippen LogP contribution is 2.21. The number of thiazole rings is 1. The van der Waals surface area contributed by atoms with Gasteiger partial charge in [0.15, 0.2) is 0 Å². The minimum absolute atomic E-state index is 0.389. The number of carbonyl (C=O) groups is 1. The van der Waals surface area contributed by atoms with Crippen LogP contribution in [0.1, 0.15) is 15.9 Å². The highest BCUT2D eigenvalue weighted by Gasteiger charge is 2.13. The average Bonchev–Trinajstić information content (AvgIpc) is 2.91. The molecule has 8 heteroatoms. The van der Waals surface area contributed by atoms with Crippen LogP contribution in [0.2, 0.25) is 0 Å². The first-order valence-electron chi connectivity index (χ1n) is 6.41. The largest absolute Gasteiger partial charge is 0.465 e. The number of carbonyl (C=O) groups excluding carboxylic acids is 1. The molecule has 0 saturated carbocycles. The second kappa shape index (κ2) is 6.90. The van der Waals surface area contributed by atoms with Crippen LogP contribution in [0.15, 0.2) is 28.7 Å². The zero-order valence-electron chi connectivity index (χ0n) is 12.5. The third-order valence-electron chi connectivity index (χ3n) is 2.80. The van der Waals surface area contributed by atoms with E-state index in [1.165, 1.54) is 18.4 Å².